The summed E-state index contributed by atoms with van der Waals surface area (Å²) in [7, 11) is -3.75. The van der Waals surface area contributed by atoms with Crippen LogP contribution in [-0.4, -0.2) is 19.3 Å². The third-order valence-corrected chi connectivity index (χ3v) is 6.88. The summed E-state index contributed by atoms with van der Waals surface area (Å²) in [6.07, 6.45) is 0. The minimum absolute atomic E-state index is 0.0985. The van der Waals surface area contributed by atoms with Gasteiger partial charge in [-0.2, -0.15) is 0 Å². The van der Waals surface area contributed by atoms with Crippen LogP contribution in [0, 0.1) is 6.92 Å². The van der Waals surface area contributed by atoms with E-state index < -0.39 is 10.0 Å². The van der Waals surface area contributed by atoms with Gasteiger partial charge in [-0.05, 0) is 73.7 Å². The van der Waals surface area contributed by atoms with Gasteiger partial charge in [-0.25, -0.2) is 13.4 Å². The van der Waals surface area contributed by atoms with Crippen LogP contribution in [0.2, 0.25) is 5.02 Å². The SMILES string of the molecule is Cc1nc2cc(NC(=O)c3ccc(NS(=O)(=O)c4ccc(Cl)cc4)cc3)ccc2s1. The molecular weight excluding hydrogens is 442 g/mol. The van der Waals surface area contributed by atoms with Crippen molar-refractivity contribution in [1.29, 1.82) is 0 Å². The fourth-order valence-corrected chi connectivity index (χ4v) is 4.83. The number of carbonyl (C=O) groups is 1. The zero-order valence-electron chi connectivity index (χ0n) is 15.7. The molecule has 0 aliphatic rings. The molecule has 4 aromatic rings. The molecule has 1 aromatic heterocycles. The summed E-state index contributed by atoms with van der Waals surface area (Å²) in [4.78, 5) is 17.0. The smallest absolute Gasteiger partial charge is 0.261 e. The van der Waals surface area contributed by atoms with Gasteiger partial charge >= 0.3 is 0 Å². The number of aryl methyl sites for hydroxylation is 1. The molecule has 6 nitrogen and oxygen atoms in total. The average Bonchev–Trinajstić information content (AvgIpc) is 3.08. The van der Waals surface area contributed by atoms with Gasteiger partial charge < -0.3 is 5.32 Å². The van der Waals surface area contributed by atoms with Gasteiger partial charge in [-0.3, -0.25) is 9.52 Å². The normalized spacial score (nSPS) is 11.4. The summed E-state index contributed by atoms with van der Waals surface area (Å²) in [5, 5.41) is 4.25. The number of rotatable bonds is 5. The number of nitrogens with zero attached hydrogens (tertiary/aromatic N) is 1. The van der Waals surface area contributed by atoms with Crippen LogP contribution in [0.3, 0.4) is 0 Å². The molecule has 0 unspecified atom stereocenters. The zero-order valence-corrected chi connectivity index (χ0v) is 18.1. The first-order chi connectivity index (χ1) is 14.3. The molecule has 30 heavy (non-hydrogen) atoms. The van der Waals surface area contributed by atoms with E-state index in [-0.39, 0.29) is 10.8 Å². The summed E-state index contributed by atoms with van der Waals surface area (Å²) >= 11 is 7.40. The number of hydrogen-bond donors (Lipinski definition) is 2. The molecule has 0 saturated heterocycles. The largest absolute Gasteiger partial charge is 0.322 e. The predicted octanol–water partition coefficient (Wildman–Crippen LogP) is 5.31. The third kappa shape index (κ3) is 4.46. The van der Waals surface area contributed by atoms with Crippen molar-refractivity contribution in [3.8, 4) is 0 Å². The maximum atomic E-state index is 12.5. The van der Waals surface area contributed by atoms with Crippen LogP contribution in [0.25, 0.3) is 10.2 Å². The Morgan fingerprint density at radius 1 is 0.967 bits per heavy atom. The second-order valence-electron chi connectivity index (χ2n) is 6.51. The molecule has 0 fully saturated rings. The van der Waals surface area contributed by atoms with Gasteiger partial charge in [-0.15, -0.1) is 11.3 Å². The van der Waals surface area contributed by atoms with Gasteiger partial charge in [0.25, 0.3) is 15.9 Å². The average molecular weight is 458 g/mol. The van der Waals surface area contributed by atoms with E-state index in [1.165, 1.54) is 36.4 Å². The van der Waals surface area contributed by atoms with E-state index in [0.29, 0.717) is 22.0 Å². The highest BCUT2D eigenvalue weighted by Crippen LogP contribution is 2.25. The zero-order chi connectivity index (χ0) is 21.3. The fraction of sp³-hybridized carbons (Fsp3) is 0.0476. The van der Waals surface area contributed by atoms with Crippen LogP contribution in [0.1, 0.15) is 15.4 Å². The van der Waals surface area contributed by atoms with Gasteiger partial charge in [0, 0.05) is 22.0 Å². The van der Waals surface area contributed by atoms with Crippen LogP contribution >= 0.6 is 22.9 Å². The Bertz CT molecular complexity index is 1330. The predicted molar refractivity (Wildman–Crippen MR) is 121 cm³/mol. The second kappa shape index (κ2) is 8.06. The minimum atomic E-state index is -3.75. The number of thiazole rings is 1. The molecule has 0 aliphatic heterocycles. The number of benzene rings is 3. The van der Waals surface area contributed by atoms with Crippen molar-refractivity contribution in [3.63, 3.8) is 0 Å². The van der Waals surface area contributed by atoms with Crippen LogP contribution in [0.15, 0.2) is 71.6 Å². The van der Waals surface area contributed by atoms with Crippen LogP contribution < -0.4 is 10.0 Å². The molecule has 0 aliphatic carbocycles. The maximum absolute atomic E-state index is 12.5. The lowest BCUT2D eigenvalue weighted by atomic mass is 10.2. The van der Waals surface area contributed by atoms with Gasteiger partial charge in [0.1, 0.15) is 0 Å². The van der Waals surface area contributed by atoms with E-state index in [1.807, 2.05) is 25.1 Å². The van der Waals surface area contributed by atoms with Gasteiger partial charge in [0.15, 0.2) is 0 Å². The number of nitrogens with one attached hydrogen (secondary N) is 2. The summed E-state index contributed by atoms with van der Waals surface area (Å²) in [5.74, 6) is -0.298. The quantitative estimate of drug-likeness (QED) is 0.425. The molecule has 0 spiro atoms. The number of carbonyl (C=O) groups excluding carboxylic acids is 1. The first kappa shape index (κ1) is 20.3. The first-order valence-corrected chi connectivity index (χ1v) is 11.5. The molecule has 0 bridgehead atoms. The highest BCUT2D eigenvalue weighted by molar-refractivity contribution is 7.92. The van der Waals surface area contributed by atoms with Crippen LogP contribution in [0.5, 0.6) is 0 Å². The monoisotopic (exact) mass is 457 g/mol. The molecule has 3 aromatic carbocycles. The molecule has 9 heteroatoms. The van der Waals surface area contributed by atoms with E-state index in [1.54, 1.807) is 23.5 Å². The molecule has 0 radical (unpaired) electrons. The van der Waals surface area contributed by atoms with Crippen molar-refractivity contribution in [2.45, 2.75) is 11.8 Å². The molecule has 0 saturated carbocycles. The van der Waals surface area contributed by atoms with Crippen molar-refractivity contribution < 1.29 is 13.2 Å². The lowest BCUT2D eigenvalue weighted by Gasteiger charge is -2.09. The molecular formula is C21H16ClN3O3S2. The van der Waals surface area contributed by atoms with Crippen molar-refractivity contribution in [1.82, 2.24) is 4.98 Å². The lowest BCUT2D eigenvalue weighted by Crippen LogP contribution is -2.14. The molecule has 4 rings (SSSR count). The highest BCUT2D eigenvalue weighted by Gasteiger charge is 2.14. The Morgan fingerprint density at radius 2 is 1.63 bits per heavy atom. The number of aromatic nitrogens is 1. The third-order valence-electron chi connectivity index (χ3n) is 4.28. The summed E-state index contributed by atoms with van der Waals surface area (Å²) in [5.41, 5.74) is 2.23. The Morgan fingerprint density at radius 3 is 2.33 bits per heavy atom. The number of sulfonamides is 1. The van der Waals surface area contributed by atoms with E-state index in [2.05, 4.69) is 15.0 Å². The number of anilines is 2. The lowest BCUT2D eigenvalue weighted by molar-refractivity contribution is 0.102. The Hall–Kier alpha value is -2.94. The summed E-state index contributed by atoms with van der Waals surface area (Å²) in [6, 6.07) is 17.6. The van der Waals surface area contributed by atoms with E-state index in [9.17, 15) is 13.2 Å². The Kier molecular flexibility index (Phi) is 5.46. The van der Waals surface area contributed by atoms with Crippen LogP contribution in [-0.2, 0) is 10.0 Å². The van der Waals surface area contributed by atoms with Crippen molar-refractivity contribution in [3.05, 3.63) is 82.3 Å². The minimum Gasteiger partial charge on any atom is -0.322 e. The second-order valence-corrected chi connectivity index (χ2v) is 9.86. The van der Waals surface area contributed by atoms with Crippen LogP contribution in [0.4, 0.5) is 11.4 Å². The number of amides is 1. The first-order valence-electron chi connectivity index (χ1n) is 8.87. The van der Waals surface area contributed by atoms with E-state index in [4.69, 9.17) is 11.6 Å². The molecule has 1 amide bonds. The number of halogens is 1. The van der Waals surface area contributed by atoms with Gasteiger partial charge in [0.2, 0.25) is 0 Å². The number of fused-ring (bicyclic) bond motifs is 1. The Balaban J connectivity index is 1.46. The Labute approximate surface area is 182 Å². The maximum Gasteiger partial charge on any atom is 0.261 e. The van der Waals surface area contributed by atoms with Crippen molar-refractivity contribution >= 4 is 60.5 Å². The topological polar surface area (TPSA) is 88.2 Å². The molecule has 2 N–H and O–H groups in total. The van der Waals surface area contributed by atoms with Crippen molar-refractivity contribution in [2.24, 2.45) is 0 Å². The summed E-state index contributed by atoms with van der Waals surface area (Å²) < 4.78 is 28.4. The molecule has 1 heterocycles. The standard InChI is InChI=1S/C21H16ClN3O3S2/c1-13-23-19-12-17(8-11-20(19)29-13)24-21(26)14-2-6-16(7-3-14)25-30(27,28)18-9-4-15(22)5-10-18/h2-12,25H,1H3,(H,24,26). The van der Waals surface area contributed by atoms with E-state index >= 15 is 0 Å². The number of hydrogen-bond acceptors (Lipinski definition) is 5. The summed E-state index contributed by atoms with van der Waals surface area (Å²) in [6.45, 7) is 1.94. The van der Waals surface area contributed by atoms with E-state index in [0.717, 1.165) is 15.2 Å². The molecule has 0 atom stereocenters. The van der Waals surface area contributed by atoms with Crippen molar-refractivity contribution in [2.75, 3.05) is 10.0 Å². The molecule has 152 valence electrons. The van der Waals surface area contributed by atoms with Gasteiger partial charge in [0.05, 0.1) is 20.1 Å². The van der Waals surface area contributed by atoms with Gasteiger partial charge in [-0.1, -0.05) is 11.6 Å². The fourth-order valence-electron chi connectivity index (χ4n) is 2.84. The highest BCUT2D eigenvalue weighted by atomic mass is 35.5.